The van der Waals surface area contributed by atoms with Crippen molar-refractivity contribution in [3.63, 3.8) is 0 Å². The Morgan fingerprint density at radius 2 is 2.56 bits per heavy atom. The first kappa shape index (κ1) is 6.23. The second-order valence-electron chi connectivity index (χ2n) is 1.83. The lowest BCUT2D eigenvalue weighted by atomic mass is 10.3. The molecule has 0 amide bonds. The third-order valence-corrected chi connectivity index (χ3v) is 1.10. The van der Waals surface area contributed by atoms with E-state index in [4.69, 9.17) is 5.11 Å². The lowest BCUT2D eigenvalue weighted by molar-refractivity contribution is 0.334. The van der Waals surface area contributed by atoms with Crippen LogP contribution in [0, 0.1) is 0 Å². The number of aliphatic hydroxyl groups is 1. The highest BCUT2D eigenvalue weighted by molar-refractivity contribution is 5.61. The summed E-state index contributed by atoms with van der Waals surface area (Å²) in [5.41, 5.74) is 0.865. The van der Waals surface area contributed by atoms with E-state index < -0.39 is 0 Å². The van der Waals surface area contributed by atoms with Crippen LogP contribution in [-0.2, 0) is 0 Å². The number of allylic oxidation sites excluding steroid dienone is 1. The van der Waals surface area contributed by atoms with Gasteiger partial charge in [-0.3, -0.25) is 4.99 Å². The fourth-order valence-electron chi connectivity index (χ4n) is 0.626. The van der Waals surface area contributed by atoms with Gasteiger partial charge in [0.2, 0.25) is 0 Å². The molecule has 1 rings (SSSR count). The highest BCUT2D eigenvalue weighted by Gasteiger charge is 1.88. The lowest BCUT2D eigenvalue weighted by Gasteiger charge is -1.88. The molecule has 0 saturated heterocycles. The van der Waals surface area contributed by atoms with Gasteiger partial charge in [-0.25, -0.2) is 0 Å². The molecule has 1 aliphatic heterocycles. The van der Waals surface area contributed by atoms with E-state index in [1.807, 2.05) is 12.2 Å². The van der Waals surface area contributed by atoms with Crippen molar-refractivity contribution in [3.8, 4) is 0 Å². The smallest absolute Gasteiger partial charge is 0.0696 e. The van der Waals surface area contributed by atoms with E-state index in [-0.39, 0.29) is 6.61 Å². The maximum absolute atomic E-state index is 8.62. The first-order valence-electron chi connectivity index (χ1n) is 2.91. The summed E-state index contributed by atoms with van der Waals surface area (Å²) in [5.74, 6) is 0. The molecule has 1 aliphatic rings. The highest BCUT2D eigenvalue weighted by atomic mass is 16.3. The molecule has 0 aromatic heterocycles. The maximum Gasteiger partial charge on any atom is 0.0696 e. The van der Waals surface area contributed by atoms with Gasteiger partial charge in [0.1, 0.15) is 0 Å². The van der Waals surface area contributed by atoms with E-state index in [2.05, 4.69) is 4.99 Å². The summed E-state index contributed by atoms with van der Waals surface area (Å²) in [6.07, 6.45) is 8.19. The Morgan fingerprint density at radius 1 is 1.67 bits per heavy atom. The van der Waals surface area contributed by atoms with Gasteiger partial charge in [0.15, 0.2) is 0 Å². The summed E-state index contributed by atoms with van der Waals surface area (Å²) in [7, 11) is 0. The Kier molecular flexibility index (Phi) is 2.22. The monoisotopic (exact) mass is 123 g/mol. The van der Waals surface area contributed by atoms with Gasteiger partial charge in [-0.15, -0.1) is 0 Å². The normalized spacial score (nSPS) is 17.2. The van der Waals surface area contributed by atoms with Crippen molar-refractivity contribution in [2.45, 2.75) is 6.42 Å². The topological polar surface area (TPSA) is 32.6 Å². The quantitative estimate of drug-likeness (QED) is 0.552. The molecular weight excluding hydrogens is 114 g/mol. The summed E-state index contributed by atoms with van der Waals surface area (Å²) in [6.45, 7) is 0.0772. The molecule has 0 bridgehead atoms. The van der Waals surface area contributed by atoms with Crippen molar-refractivity contribution in [1.29, 1.82) is 0 Å². The van der Waals surface area contributed by atoms with E-state index >= 15 is 0 Å². The van der Waals surface area contributed by atoms with Crippen LogP contribution in [0.25, 0.3) is 0 Å². The van der Waals surface area contributed by atoms with Crippen LogP contribution in [0.3, 0.4) is 0 Å². The van der Waals surface area contributed by atoms with Gasteiger partial charge in [-0.05, 0) is 5.57 Å². The molecule has 0 spiro atoms. The number of rotatable bonds is 1. The van der Waals surface area contributed by atoms with Crippen molar-refractivity contribution in [3.05, 3.63) is 23.9 Å². The fourth-order valence-corrected chi connectivity index (χ4v) is 0.626. The number of aliphatic imine (C=N–C) groups is 1. The molecule has 0 radical (unpaired) electrons. The van der Waals surface area contributed by atoms with E-state index in [0.717, 1.165) is 12.0 Å². The lowest BCUT2D eigenvalue weighted by Crippen LogP contribution is -1.82. The van der Waals surface area contributed by atoms with Crippen LogP contribution in [0.15, 0.2) is 28.9 Å². The van der Waals surface area contributed by atoms with Gasteiger partial charge in [-0.2, -0.15) is 0 Å². The molecule has 2 heteroatoms. The Morgan fingerprint density at radius 3 is 3.33 bits per heavy atom. The van der Waals surface area contributed by atoms with Crippen molar-refractivity contribution < 1.29 is 5.11 Å². The molecule has 9 heavy (non-hydrogen) atoms. The van der Waals surface area contributed by atoms with Crippen LogP contribution in [0.2, 0.25) is 0 Å². The second kappa shape index (κ2) is 3.20. The predicted octanol–water partition coefficient (Wildman–Crippen LogP) is 0.893. The van der Waals surface area contributed by atoms with Gasteiger partial charge in [0, 0.05) is 18.8 Å². The minimum Gasteiger partial charge on any atom is -0.392 e. The molecule has 0 aromatic rings. The summed E-state index contributed by atoms with van der Waals surface area (Å²) in [4.78, 5) is 3.91. The molecule has 0 aromatic carbocycles. The zero-order valence-corrected chi connectivity index (χ0v) is 5.12. The van der Waals surface area contributed by atoms with E-state index in [9.17, 15) is 0 Å². The SMILES string of the molecule is OCC1=CN=CCC=C1. The number of nitrogens with zero attached hydrogens (tertiary/aromatic N) is 1. The summed E-state index contributed by atoms with van der Waals surface area (Å²) < 4.78 is 0. The minimum atomic E-state index is 0.0772. The van der Waals surface area contributed by atoms with Gasteiger partial charge in [0.05, 0.1) is 6.61 Å². The van der Waals surface area contributed by atoms with Crippen LogP contribution in [0.4, 0.5) is 0 Å². The molecule has 1 N–H and O–H groups in total. The molecule has 48 valence electrons. The minimum absolute atomic E-state index is 0.0772. The average molecular weight is 123 g/mol. The van der Waals surface area contributed by atoms with Crippen molar-refractivity contribution in [2.24, 2.45) is 4.99 Å². The van der Waals surface area contributed by atoms with Crippen LogP contribution in [0.1, 0.15) is 6.42 Å². The van der Waals surface area contributed by atoms with Crippen LogP contribution in [-0.4, -0.2) is 17.9 Å². The predicted molar refractivity (Wildman–Crippen MR) is 37.4 cm³/mol. The average Bonchev–Trinajstić information content (AvgIpc) is 2.13. The molecule has 0 fully saturated rings. The number of aliphatic hydroxyl groups excluding tert-OH is 1. The first-order chi connectivity index (χ1) is 4.43. The van der Waals surface area contributed by atoms with Crippen molar-refractivity contribution in [1.82, 2.24) is 0 Å². The molecule has 0 aliphatic carbocycles. The largest absolute Gasteiger partial charge is 0.392 e. The van der Waals surface area contributed by atoms with Crippen molar-refractivity contribution >= 4 is 6.21 Å². The van der Waals surface area contributed by atoms with Gasteiger partial charge >= 0.3 is 0 Å². The number of hydrogen-bond acceptors (Lipinski definition) is 2. The van der Waals surface area contributed by atoms with Gasteiger partial charge < -0.3 is 5.11 Å². The Balaban J connectivity index is 2.67. The molecular formula is C7H9NO. The zero-order valence-electron chi connectivity index (χ0n) is 5.12. The molecule has 0 atom stereocenters. The van der Waals surface area contributed by atoms with E-state index in [0.29, 0.717) is 0 Å². The fraction of sp³-hybridized carbons (Fsp3) is 0.286. The van der Waals surface area contributed by atoms with E-state index in [1.54, 1.807) is 12.4 Å². The molecule has 0 saturated carbocycles. The summed E-state index contributed by atoms with van der Waals surface area (Å²) >= 11 is 0. The third-order valence-electron chi connectivity index (χ3n) is 1.10. The standard InChI is InChI=1S/C7H9NO/c9-6-7-3-1-2-4-8-5-7/h1,3-5,9H,2,6H2. The van der Waals surface area contributed by atoms with Gasteiger partial charge in [0.25, 0.3) is 0 Å². The molecule has 1 heterocycles. The van der Waals surface area contributed by atoms with Gasteiger partial charge in [-0.1, -0.05) is 12.2 Å². The summed E-state index contributed by atoms with van der Waals surface area (Å²) in [5, 5.41) is 8.62. The Labute approximate surface area is 54.2 Å². The van der Waals surface area contributed by atoms with Crippen LogP contribution in [0.5, 0.6) is 0 Å². The first-order valence-corrected chi connectivity index (χ1v) is 2.91. The number of hydrogen-bond donors (Lipinski definition) is 1. The second-order valence-corrected chi connectivity index (χ2v) is 1.83. The van der Waals surface area contributed by atoms with E-state index in [1.165, 1.54) is 0 Å². The van der Waals surface area contributed by atoms with Crippen molar-refractivity contribution in [2.75, 3.05) is 6.61 Å². The molecule has 0 unspecified atom stereocenters. The molecule has 2 nitrogen and oxygen atoms in total. The Hall–Kier alpha value is -0.890. The zero-order chi connectivity index (χ0) is 6.53. The highest BCUT2D eigenvalue weighted by Crippen LogP contribution is 1.99. The third kappa shape index (κ3) is 1.82. The summed E-state index contributed by atoms with van der Waals surface area (Å²) in [6, 6.07) is 0. The van der Waals surface area contributed by atoms with Crippen LogP contribution < -0.4 is 0 Å². The Bertz CT molecular complexity index is 168. The maximum atomic E-state index is 8.62. The van der Waals surface area contributed by atoms with Crippen LogP contribution >= 0.6 is 0 Å².